The first-order chi connectivity index (χ1) is 14.1. The Balaban J connectivity index is 0.000000278. The number of allylic oxidation sites excluding steroid dienone is 1. The van der Waals surface area contributed by atoms with Crippen LogP contribution in [-0.4, -0.2) is 16.5 Å². The van der Waals surface area contributed by atoms with Crippen molar-refractivity contribution in [2.75, 3.05) is 6.54 Å². The molecule has 0 bridgehead atoms. The molecule has 0 aliphatic heterocycles. The Morgan fingerprint density at radius 3 is 1.79 bits per heavy atom. The zero-order chi connectivity index (χ0) is 20.9. The lowest BCUT2D eigenvalue weighted by Crippen LogP contribution is -2.15. The van der Waals surface area contributed by atoms with Crippen molar-refractivity contribution in [1.82, 2.24) is 15.3 Å². The van der Waals surface area contributed by atoms with Crippen molar-refractivity contribution in [2.45, 2.75) is 33.1 Å². The molecule has 1 N–H and O–H groups in total. The van der Waals surface area contributed by atoms with Gasteiger partial charge in [-0.05, 0) is 60.7 Å². The summed E-state index contributed by atoms with van der Waals surface area (Å²) in [5.41, 5.74) is 6.54. The maximum absolute atomic E-state index is 4.27. The molecule has 3 nitrogen and oxygen atoms in total. The van der Waals surface area contributed by atoms with Gasteiger partial charge in [-0.25, -0.2) is 0 Å². The maximum atomic E-state index is 4.27. The first-order valence-electron chi connectivity index (χ1n) is 10.1. The molecule has 0 spiro atoms. The summed E-state index contributed by atoms with van der Waals surface area (Å²) in [6.45, 7) is 12.8. The Kier molecular flexibility index (Phi) is 9.37. The molecule has 0 aliphatic carbocycles. The van der Waals surface area contributed by atoms with E-state index in [0.29, 0.717) is 0 Å². The summed E-state index contributed by atoms with van der Waals surface area (Å²) >= 11 is 0. The highest BCUT2D eigenvalue weighted by Crippen LogP contribution is 2.08. The quantitative estimate of drug-likeness (QED) is 0.520. The molecule has 29 heavy (non-hydrogen) atoms. The van der Waals surface area contributed by atoms with Crippen LogP contribution in [-0.2, 0) is 12.8 Å². The minimum absolute atomic E-state index is 0.878. The van der Waals surface area contributed by atoms with Crippen molar-refractivity contribution < 1.29 is 0 Å². The normalized spacial score (nSPS) is 9.86. The van der Waals surface area contributed by atoms with Gasteiger partial charge in [-0.3, -0.25) is 9.97 Å². The molecule has 2 aromatic heterocycles. The van der Waals surface area contributed by atoms with Gasteiger partial charge in [-0.15, -0.1) is 0 Å². The van der Waals surface area contributed by atoms with Crippen LogP contribution in [0.25, 0.3) is 11.3 Å². The molecule has 0 aliphatic rings. The molecule has 0 radical (unpaired) electrons. The van der Waals surface area contributed by atoms with Crippen molar-refractivity contribution in [2.24, 2.45) is 0 Å². The third-order valence-corrected chi connectivity index (χ3v) is 4.39. The van der Waals surface area contributed by atoms with Crippen LogP contribution in [0.15, 0.2) is 86.2 Å². The van der Waals surface area contributed by atoms with Gasteiger partial charge in [-0.1, -0.05) is 62.9 Å². The second-order valence-electron chi connectivity index (χ2n) is 6.93. The fourth-order valence-electron chi connectivity index (χ4n) is 2.77. The molecule has 150 valence electrons. The molecule has 0 atom stereocenters. The average Bonchev–Trinajstić information content (AvgIpc) is 2.77. The summed E-state index contributed by atoms with van der Waals surface area (Å²) in [4.78, 5) is 8.35. The molecule has 0 saturated carbocycles. The Morgan fingerprint density at radius 1 is 0.793 bits per heavy atom. The smallest absolute Gasteiger partial charge is 0.0854 e. The highest BCUT2D eigenvalue weighted by Gasteiger charge is 1.99. The van der Waals surface area contributed by atoms with Crippen LogP contribution in [0.4, 0.5) is 0 Å². The number of nitrogens with zero attached hydrogens (tertiary/aromatic N) is 2. The highest BCUT2D eigenvalue weighted by atomic mass is 14.9. The lowest BCUT2D eigenvalue weighted by molar-refractivity contribution is 0.843. The standard InChI is InChI=1S/C18H22N2.C8H9N/c1-3-6-16-8-10-17(11-9-16)12-14-19-15(2)18-7-4-5-13-20-18;1-7(2)8-5-3-4-6-9-8/h4-5,7-11,13,19H,2-3,6,12,14H2,1H3;3-6H,1H2,2H3. The van der Waals surface area contributed by atoms with E-state index in [0.717, 1.165) is 42.0 Å². The van der Waals surface area contributed by atoms with Crippen LogP contribution in [0.1, 0.15) is 42.8 Å². The molecular formula is C26H31N3. The monoisotopic (exact) mass is 385 g/mol. The zero-order valence-corrected chi connectivity index (χ0v) is 17.6. The summed E-state index contributed by atoms with van der Waals surface area (Å²) in [6.07, 6.45) is 6.91. The molecule has 0 saturated heterocycles. The van der Waals surface area contributed by atoms with Crippen LogP contribution in [0, 0.1) is 0 Å². The fraction of sp³-hybridized carbons (Fsp3) is 0.231. The van der Waals surface area contributed by atoms with E-state index in [4.69, 9.17) is 0 Å². The van der Waals surface area contributed by atoms with Gasteiger partial charge in [0.25, 0.3) is 0 Å². The third kappa shape index (κ3) is 8.14. The Bertz CT molecular complexity index is 869. The van der Waals surface area contributed by atoms with Crippen molar-refractivity contribution >= 4 is 11.3 Å². The number of aromatic nitrogens is 2. The molecule has 3 aromatic rings. The number of hydrogen-bond donors (Lipinski definition) is 1. The van der Waals surface area contributed by atoms with Gasteiger partial charge < -0.3 is 5.32 Å². The van der Waals surface area contributed by atoms with Gasteiger partial charge in [0.15, 0.2) is 0 Å². The van der Waals surface area contributed by atoms with E-state index in [1.807, 2.05) is 43.3 Å². The SMILES string of the molecule is C=C(C)c1ccccn1.C=C(NCCc1ccc(CCC)cc1)c1ccccn1. The summed E-state index contributed by atoms with van der Waals surface area (Å²) in [5.74, 6) is 0. The van der Waals surface area contributed by atoms with Gasteiger partial charge in [0.05, 0.1) is 17.1 Å². The lowest BCUT2D eigenvalue weighted by atomic mass is 10.1. The van der Waals surface area contributed by atoms with Gasteiger partial charge in [0.2, 0.25) is 0 Å². The Labute approximate surface area is 175 Å². The second kappa shape index (κ2) is 12.3. The molecule has 3 heteroatoms. The Morgan fingerprint density at radius 2 is 1.34 bits per heavy atom. The third-order valence-electron chi connectivity index (χ3n) is 4.39. The summed E-state index contributed by atoms with van der Waals surface area (Å²) in [6, 6.07) is 20.5. The van der Waals surface area contributed by atoms with Gasteiger partial charge in [0.1, 0.15) is 0 Å². The highest BCUT2D eigenvalue weighted by molar-refractivity contribution is 5.57. The summed E-state index contributed by atoms with van der Waals surface area (Å²) in [7, 11) is 0. The number of aryl methyl sites for hydroxylation is 1. The first-order valence-corrected chi connectivity index (χ1v) is 10.1. The van der Waals surface area contributed by atoms with Crippen LogP contribution < -0.4 is 5.32 Å². The van der Waals surface area contributed by atoms with E-state index >= 15 is 0 Å². The first kappa shape index (κ1) is 22.1. The largest absolute Gasteiger partial charge is 0.383 e. The van der Waals surface area contributed by atoms with Gasteiger partial charge >= 0.3 is 0 Å². The minimum atomic E-state index is 0.878. The van der Waals surface area contributed by atoms with Crippen molar-refractivity contribution in [3.63, 3.8) is 0 Å². The average molecular weight is 386 g/mol. The molecule has 0 fully saturated rings. The molecular weight excluding hydrogens is 354 g/mol. The van der Waals surface area contributed by atoms with Crippen LogP contribution in [0.2, 0.25) is 0 Å². The van der Waals surface area contributed by atoms with Crippen LogP contribution >= 0.6 is 0 Å². The van der Waals surface area contributed by atoms with E-state index in [9.17, 15) is 0 Å². The number of pyridine rings is 2. The topological polar surface area (TPSA) is 37.8 Å². The van der Waals surface area contributed by atoms with Crippen LogP contribution in [0.3, 0.4) is 0 Å². The molecule has 2 heterocycles. The predicted molar refractivity (Wildman–Crippen MR) is 124 cm³/mol. The van der Waals surface area contributed by atoms with Gasteiger partial charge in [-0.2, -0.15) is 0 Å². The van der Waals surface area contributed by atoms with E-state index in [2.05, 4.69) is 59.6 Å². The zero-order valence-electron chi connectivity index (χ0n) is 17.6. The van der Waals surface area contributed by atoms with E-state index in [1.165, 1.54) is 17.5 Å². The van der Waals surface area contributed by atoms with E-state index in [-0.39, 0.29) is 0 Å². The fourth-order valence-corrected chi connectivity index (χ4v) is 2.77. The second-order valence-corrected chi connectivity index (χ2v) is 6.93. The van der Waals surface area contributed by atoms with Crippen LogP contribution in [0.5, 0.6) is 0 Å². The van der Waals surface area contributed by atoms with E-state index < -0.39 is 0 Å². The summed E-state index contributed by atoms with van der Waals surface area (Å²) in [5, 5.41) is 3.33. The number of hydrogen-bond acceptors (Lipinski definition) is 3. The van der Waals surface area contributed by atoms with E-state index in [1.54, 1.807) is 12.4 Å². The van der Waals surface area contributed by atoms with Gasteiger partial charge in [0, 0.05) is 18.9 Å². The molecule has 1 aromatic carbocycles. The number of benzene rings is 1. The number of nitrogens with one attached hydrogen (secondary N) is 1. The predicted octanol–water partition coefficient (Wildman–Crippen LogP) is 5.95. The Hall–Kier alpha value is -3.20. The van der Waals surface area contributed by atoms with Crippen molar-refractivity contribution in [3.05, 3.63) is 109 Å². The maximum Gasteiger partial charge on any atom is 0.0854 e. The van der Waals surface area contributed by atoms with Crippen molar-refractivity contribution in [3.8, 4) is 0 Å². The number of rotatable bonds is 8. The molecule has 3 rings (SSSR count). The summed E-state index contributed by atoms with van der Waals surface area (Å²) < 4.78 is 0. The lowest BCUT2D eigenvalue weighted by Gasteiger charge is -2.09. The molecule has 0 amide bonds. The van der Waals surface area contributed by atoms with Crippen molar-refractivity contribution in [1.29, 1.82) is 0 Å². The molecule has 0 unspecified atom stereocenters. The minimum Gasteiger partial charge on any atom is -0.383 e.